The van der Waals surface area contributed by atoms with E-state index in [0.717, 1.165) is 5.56 Å². The van der Waals surface area contributed by atoms with E-state index in [1.165, 1.54) is 0 Å². The van der Waals surface area contributed by atoms with Crippen LogP contribution >= 0.6 is 11.8 Å². The van der Waals surface area contributed by atoms with E-state index in [1.54, 1.807) is 29.1 Å². The van der Waals surface area contributed by atoms with Crippen molar-refractivity contribution in [2.24, 2.45) is 0 Å². The van der Waals surface area contributed by atoms with Crippen LogP contribution in [0.2, 0.25) is 0 Å². The Morgan fingerprint density at radius 3 is 2.47 bits per heavy atom. The Balaban J connectivity index is 2.57. The molecule has 0 aliphatic rings. The van der Waals surface area contributed by atoms with Gasteiger partial charge in [-0.05, 0) is 29.9 Å². The van der Waals surface area contributed by atoms with Gasteiger partial charge >= 0.3 is 0 Å². The number of thioether (sulfide) groups is 1. The van der Waals surface area contributed by atoms with E-state index in [2.05, 4.69) is 18.8 Å². The van der Waals surface area contributed by atoms with Gasteiger partial charge in [-0.3, -0.25) is 9.78 Å². The highest BCUT2D eigenvalue weighted by atomic mass is 32.2. The van der Waals surface area contributed by atoms with Gasteiger partial charge in [0, 0.05) is 19.4 Å². The first-order chi connectivity index (χ1) is 8.02. The molecule has 1 aromatic heterocycles. The molecule has 1 aromatic rings. The number of carbonyl (C=O) groups is 1. The number of pyridine rings is 1. The predicted molar refractivity (Wildman–Crippen MR) is 73.0 cm³/mol. The van der Waals surface area contributed by atoms with Crippen molar-refractivity contribution in [3.05, 3.63) is 30.1 Å². The Kier molecular flexibility index (Phi) is 5.48. The molecule has 1 heterocycles. The summed E-state index contributed by atoms with van der Waals surface area (Å²) in [6.07, 6.45) is 3.51. The van der Waals surface area contributed by atoms with Crippen molar-refractivity contribution in [1.29, 1.82) is 0 Å². The molecular formula is C13H20N2OS. The Bertz CT molecular complexity index is 354. The van der Waals surface area contributed by atoms with Gasteiger partial charge in [0.15, 0.2) is 0 Å². The lowest BCUT2D eigenvalue weighted by molar-refractivity contribution is -0.128. The minimum Gasteiger partial charge on any atom is -0.338 e. The van der Waals surface area contributed by atoms with E-state index in [0.29, 0.717) is 11.0 Å². The van der Waals surface area contributed by atoms with Gasteiger partial charge in [0.05, 0.1) is 11.8 Å². The molecule has 0 aliphatic heterocycles. The molecule has 4 heteroatoms. The molecule has 94 valence electrons. The van der Waals surface area contributed by atoms with Crippen molar-refractivity contribution in [2.45, 2.75) is 32.1 Å². The number of carbonyl (C=O) groups excluding carboxylic acids is 1. The van der Waals surface area contributed by atoms with Crippen LogP contribution in [0.1, 0.15) is 32.4 Å². The smallest absolute Gasteiger partial charge is 0.232 e. The fourth-order valence-electron chi connectivity index (χ4n) is 1.42. The second-order valence-electron chi connectivity index (χ2n) is 4.32. The van der Waals surface area contributed by atoms with Gasteiger partial charge in [-0.2, -0.15) is 0 Å². The standard InChI is InChI=1S/C13H20N2OS/c1-10(2)17-9-13(16)15(4)11(3)12-5-7-14-8-6-12/h5-8,10-11H,9H2,1-4H3/t11-/m0/s1. The Morgan fingerprint density at radius 1 is 1.35 bits per heavy atom. The molecule has 0 bridgehead atoms. The minimum absolute atomic E-state index is 0.0956. The van der Waals surface area contributed by atoms with E-state index in [9.17, 15) is 4.79 Å². The fraction of sp³-hybridized carbons (Fsp3) is 0.538. The summed E-state index contributed by atoms with van der Waals surface area (Å²) < 4.78 is 0. The molecule has 0 aromatic carbocycles. The van der Waals surface area contributed by atoms with Crippen LogP contribution < -0.4 is 0 Å². The number of rotatable bonds is 5. The van der Waals surface area contributed by atoms with Crippen molar-refractivity contribution in [3.63, 3.8) is 0 Å². The lowest BCUT2D eigenvalue weighted by Crippen LogP contribution is -2.31. The third-order valence-corrected chi connectivity index (χ3v) is 3.78. The molecule has 0 aliphatic carbocycles. The second-order valence-corrected chi connectivity index (χ2v) is 5.89. The van der Waals surface area contributed by atoms with E-state index < -0.39 is 0 Å². The van der Waals surface area contributed by atoms with Crippen LogP contribution in [0.25, 0.3) is 0 Å². The molecule has 1 rings (SSSR count). The summed E-state index contributed by atoms with van der Waals surface area (Å²) in [5, 5.41) is 0.489. The molecule has 3 nitrogen and oxygen atoms in total. The highest BCUT2D eigenvalue weighted by molar-refractivity contribution is 8.00. The maximum absolute atomic E-state index is 12.0. The summed E-state index contributed by atoms with van der Waals surface area (Å²) in [7, 11) is 1.86. The lowest BCUT2D eigenvalue weighted by Gasteiger charge is -2.25. The highest BCUT2D eigenvalue weighted by Crippen LogP contribution is 2.19. The monoisotopic (exact) mass is 252 g/mol. The fourth-order valence-corrected chi connectivity index (χ4v) is 2.10. The quantitative estimate of drug-likeness (QED) is 0.808. The van der Waals surface area contributed by atoms with Crippen molar-refractivity contribution in [3.8, 4) is 0 Å². The molecule has 0 unspecified atom stereocenters. The molecule has 0 saturated carbocycles. The SMILES string of the molecule is CC(C)SCC(=O)N(C)[C@@H](C)c1ccncc1. The molecule has 17 heavy (non-hydrogen) atoms. The van der Waals surface area contributed by atoms with Gasteiger partial charge in [-0.15, -0.1) is 11.8 Å². The van der Waals surface area contributed by atoms with Crippen molar-refractivity contribution in [2.75, 3.05) is 12.8 Å². The largest absolute Gasteiger partial charge is 0.338 e. The number of nitrogens with zero attached hydrogens (tertiary/aromatic N) is 2. The van der Waals surface area contributed by atoms with E-state index in [1.807, 2.05) is 26.1 Å². The van der Waals surface area contributed by atoms with Crippen LogP contribution in [-0.2, 0) is 4.79 Å². The Labute approximate surface area is 108 Å². The van der Waals surface area contributed by atoms with Gasteiger partial charge in [0.25, 0.3) is 0 Å². The maximum Gasteiger partial charge on any atom is 0.232 e. The van der Waals surface area contributed by atoms with Crippen molar-refractivity contribution >= 4 is 17.7 Å². The summed E-state index contributed by atoms with van der Waals surface area (Å²) >= 11 is 1.68. The third kappa shape index (κ3) is 4.38. The minimum atomic E-state index is 0.0956. The van der Waals surface area contributed by atoms with Crippen LogP contribution in [-0.4, -0.2) is 33.8 Å². The molecule has 1 amide bonds. The summed E-state index contributed by atoms with van der Waals surface area (Å²) in [6, 6.07) is 3.99. The van der Waals surface area contributed by atoms with Crippen molar-refractivity contribution in [1.82, 2.24) is 9.88 Å². The first kappa shape index (κ1) is 14.0. The molecule has 0 radical (unpaired) electrons. The van der Waals surface area contributed by atoms with Crippen LogP contribution in [0.3, 0.4) is 0 Å². The zero-order valence-corrected chi connectivity index (χ0v) is 11.7. The molecule has 0 fully saturated rings. The first-order valence-corrected chi connectivity index (χ1v) is 6.84. The van der Waals surface area contributed by atoms with Crippen LogP contribution in [0.15, 0.2) is 24.5 Å². The predicted octanol–water partition coefficient (Wildman–Crippen LogP) is 2.74. The number of hydrogen-bond acceptors (Lipinski definition) is 3. The van der Waals surface area contributed by atoms with Crippen LogP contribution in [0.4, 0.5) is 0 Å². The zero-order chi connectivity index (χ0) is 12.8. The number of aromatic nitrogens is 1. The Morgan fingerprint density at radius 2 is 1.94 bits per heavy atom. The highest BCUT2D eigenvalue weighted by Gasteiger charge is 2.17. The average molecular weight is 252 g/mol. The molecular weight excluding hydrogens is 232 g/mol. The van der Waals surface area contributed by atoms with Crippen LogP contribution in [0.5, 0.6) is 0 Å². The Hall–Kier alpha value is -1.03. The van der Waals surface area contributed by atoms with Crippen molar-refractivity contribution < 1.29 is 4.79 Å². The molecule has 1 atom stereocenters. The number of hydrogen-bond donors (Lipinski definition) is 0. The first-order valence-electron chi connectivity index (χ1n) is 5.79. The van der Waals surface area contributed by atoms with Crippen LogP contribution in [0, 0.1) is 0 Å². The van der Waals surface area contributed by atoms with Gasteiger partial charge in [0.1, 0.15) is 0 Å². The lowest BCUT2D eigenvalue weighted by atomic mass is 10.1. The van der Waals surface area contributed by atoms with Gasteiger partial charge in [-0.1, -0.05) is 13.8 Å². The van der Waals surface area contributed by atoms with E-state index >= 15 is 0 Å². The molecule has 0 N–H and O–H groups in total. The van der Waals surface area contributed by atoms with E-state index in [-0.39, 0.29) is 11.9 Å². The summed E-state index contributed by atoms with van der Waals surface area (Å²) in [6.45, 7) is 6.24. The average Bonchev–Trinajstić information content (AvgIpc) is 2.35. The zero-order valence-electron chi connectivity index (χ0n) is 10.9. The number of amides is 1. The third-order valence-electron chi connectivity index (χ3n) is 2.70. The summed E-state index contributed by atoms with van der Waals surface area (Å²) in [5.41, 5.74) is 1.12. The summed E-state index contributed by atoms with van der Waals surface area (Å²) in [4.78, 5) is 17.7. The summed E-state index contributed by atoms with van der Waals surface area (Å²) in [5.74, 6) is 0.719. The molecule has 0 spiro atoms. The van der Waals surface area contributed by atoms with E-state index in [4.69, 9.17) is 0 Å². The van der Waals surface area contributed by atoms with Gasteiger partial charge in [-0.25, -0.2) is 0 Å². The maximum atomic E-state index is 12.0. The second kappa shape index (κ2) is 6.64. The van der Waals surface area contributed by atoms with Gasteiger partial charge in [0.2, 0.25) is 5.91 Å². The normalized spacial score (nSPS) is 12.5. The topological polar surface area (TPSA) is 33.2 Å². The van der Waals surface area contributed by atoms with Gasteiger partial charge < -0.3 is 4.90 Å². The molecule has 0 saturated heterocycles.